The Morgan fingerprint density at radius 2 is 2.06 bits per heavy atom. The number of aliphatic hydroxyl groups is 1. The van der Waals surface area contributed by atoms with Gasteiger partial charge in [-0.3, -0.25) is 4.79 Å². The van der Waals surface area contributed by atoms with Gasteiger partial charge in [0.25, 0.3) is 5.91 Å². The second kappa shape index (κ2) is 6.25. The Morgan fingerprint density at radius 3 is 2.56 bits per heavy atom. The fraction of sp³-hybridized carbons (Fsp3) is 0.417. The highest BCUT2D eigenvalue weighted by molar-refractivity contribution is 5.82. The van der Waals surface area contributed by atoms with Crippen molar-refractivity contribution < 1.29 is 14.6 Å². The van der Waals surface area contributed by atoms with Gasteiger partial charge in [-0.25, -0.2) is 0 Å². The summed E-state index contributed by atoms with van der Waals surface area (Å²) in [5.41, 5.74) is 0.799. The van der Waals surface area contributed by atoms with E-state index < -0.39 is 12.2 Å². The summed E-state index contributed by atoms with van der Waals surface area (Å²) in [6.07, 6.45) is -1.18. The van der Waals surface area contributed by atoms with E-state index in [-0.39, 0.29) is 12.5 Å². The number of ether oxygens (including phenoxy) is 1. The van der Waals surface area contributed by atoms with Gasteiger partial charge in [-0.1, -0.05) is 30.3 Å². The molecule has 0 aliphatic carbocycles. The zero-order chi connectivity index (χ0) is 12.0. The molecular weight excluding hydrogens is 206 g/mol. The van der Waals surface area contributed by atoms with Crippen LogP contribution in [0.1, 0.15) is 18.6 Å². The highest BCUT2D eigenvalue weighted by atomic mass is 16.5. The van der Waals surface area contributed by atoms with Gasteiger partial charge in [-0.05, 0) is 12.5 Å². The van der Waals surface area contributed by atoms with Gasteiger partial charge in [0, 0.05) is 13.7 Å². The zero-order valence-corrected chi connectivity index (χ0v) is 9.51. The molecular formula is C12H17NO3. The van der Waals surface area contributed by atoms with Crippen LogP contribution in [0.15, 0.2) is 30.3 Å². The fourth-order valence-corrected chi connectivity index (χ4v) is 1.36. The number of hydrogen-bond donors (Lipinski definition) is 2. The van der Waals surface area contributed by atoms with Gasteiger partial charge in [0.15, 0.2) is 6.10 Å². The molecule has 1 aromatic carbocycles. The molecule has 1 rings (SSSR count). The van der Waals surface area contributed by atoms with Gasteiger partial charge in [-0.15, -0.1) is 0 Å². The highest BCUT2D eigenvalue weighted by Gasteiger charge is 2.19. The molecule has 0 spiro atoms. The third-order valence-electron chi connectivity index (χ3n) is 2.15. The number of hydrogen-bond acceptors (Lipinski definition) is 3. The minimum Gasteiger partial charge on any atom is -0.392 e. The molecule has 0 saturated carbocycles. The molecule has 2 N–H and O–H groups in total. The molecule has 1 aromatic rings. The summed E-state index contributed by atoms with van der Waals surface area (Å²) in [6, 6.07) is 9.24. The molecule has 2 atom stereocenters. The molecule has 88 valence electrons. The summed E-state index contributed by atoms with van der Waals surface area (Å²) in [5.74, 6) is -0.241. The van der Waals surface area contributed by atoms with E-state index in [1.165, 1.54) is 7.11 Å². The second-order valence-corrected chi connectivity index (χ2v) is 3.62. The summed E-state index contributed by atoms with van der Waals surface area (Å²) in [5, 5.41) is 11.7. The monoisotopic (exact) mass is 223 g/mol. The fourth-order valence-electron chi connectivity index (χ4n) is 1.36. The molecule has 1 unspecified atom stereocenters. The third-order valence-corrected chi connectivity index (χ3v) is 2.15. The van der Waals surface area contributed by atoms with Crippen molar-refractivity contribution >= 4 is 5.91 Å². The van der Waals surface area contributed by atoms with Crippen molar-refractivity contribution in [3.05, 3.63) is 35.9 Å². The quantitative estimate of drug-likeness (QED) is 0.778. The van der Waals surface area contributed by atoms with Crippen LogP contribution < -0.4 is 5.32 Å². The lowest BCUT2D eigenvalue weighted by Gasteiger charge is -2.16. The van der Waals surface area contributed by atoms with Crippen molar-refractivity contribution in [1.29, 1.82) is 0 Å². The lowest BCUT2D eigenvalue weighted by Crippen LogP contribution is -2.35. The number of amides is 1. The molecule has 0 aromatic heterocycles. The third kappa shape index (κ3) is 3.64. The van der Waals surface area contributed by atoms with Gasteiger partial charge in [0.2, 0.25) is 0 Å². The molecule has 0 heterocycles. The number of rotatable bonds is 5. The van der Waals surface area contributed by atoms with Crippen molar-refractivity contribution in [3.8, 4) is 0 Å². The smallest absolute Gasteiger partial charge is 0.253 e. The lowest BCUT2D eigenvalue weighted by molar-refractivity contribution is -0.131. The number of methoxy groups -OCH3 is 1. The Hall–Kier alpha value is -1.39. The van der Waals surface area contributed by atoms with E-state index in [0.29, 0.717) is 0 Å². The Bertz CT molecular complexity index is 324. The molecule has 0 radical (unpaired) electrons. The van der Waals surface area contributed by atoms with Crippen molar-refractivity contribution in [2.24, 2.45) is 0 Å². The minimum atomic E-state index is -0.625. The lowest BCUT2D eigenvalue weighted by atomic mass is 10.1. The Balaban J connectivity index is 2.64. The zero-order valence-electron chi connectivity index (χ0n) is 9.51. The van der Waals surface area contributed by atoms with Crippen LogP contribution in [-0.2, 0) is 9.53 Å². The summed E-state index contributed by atoms with van der Waals surface area (Å²) < 4.78 is 5.14. The maximum Gasteiger partial charge on any atom is 0.253 e. The van der Waals surface area contributed by atoms with Crippen LogP contribution in [0.2, 0.25) is 0 Å². The Labute approximate surface area is 95.2 Å². The Kier molecular flexibility index (Phi) is 4.95. The van der Waals surface area contributed by atoms with Crippen molar-refractivity contribution in [2.45, 2.75) is 19.1 Å². The van der Waals surface area contributed by atoms with Gasteiger partial charge in [-0.2, -0.15) is 0 Å². The number of nitrogens with one attached hydrogen (secondary N) is 1. The first-order valence-corrected chi connectivity index (χ1v) is 5.18. The molecule has 0 saturated heterocycles. The van der Waals surface area contributed by atoms with E-state index in [9.17, 15) is 4.79 Å². The van der Waals surface area contributed by atoms with Gasteiger partial charge in [0.1, 0.15) is 0 Å². The van der Waals surface area contributed by atoms with Crippen LogP contribution in [0, 0.1) is 0 Å². The molecule has 16 heavy (non-hydrogen) atoms. The summed E-state index contributed by atoms with van der Waals surface area (Å²) in [7, 11) is 1.49. The first-order valence-electron chi connectivity index (χ1n) is 5.18. The van der Waals surface area contributed by atoms with E-state index in [2.05, 4.69) is 5.32 Å². The summed E-state index contributed by atoms with van der Waals surface area (Å²) in [4.78, 5) is 11.7. The van der Waals surface area contributed by atoms with Gasteiger partial charge < -0.3 is 15.2 Å². The number of benzene rings is 1. The first kappa shape index (κ1) is 12.7. The predicted octanol–water partition coefficient (Wildman–Crippen LogP) is 0.871. The molecule has 0 aliphatic rings. The molecule has 0 aliphatic heterocycles. The first-order chi connectivity index (χ1) is 7.65. The highest BCUT2D eigenvalue weighted by Crippen LogP contribution is 2.15. The van der Waals surface area contributed by atoms with Crippen molar-refractivity contribution in [3.63, 3.8) is 0 Å². The average Bonchev–Trinajstić information content (AvgIpc) is 2.29. The maximum absolute atomic E-state index is 11.7. The second-order valence-electron chi connectivity index (χ2n) is 3.62. The van der Waals surface area contributed by atoms with E-state index in [0.717, 1.165) is 5.56 Å². The van der Waals surface area contributed by atoms with Crippen LogP contribution in [0.3, 0.4) is 0 Å². The van der Waals surface area contributed by atoms with Crippen LogP contribution in [0.25, 0.3) is 0 Å². The Morgan fingerprint density at radius 1 is 1.44 bits per heavy atom. The minimum absolute atomic E-state index is 0.228. The van der Waals surface area contributed by atoms with Gasteiger partial charge >= 0.3 is 0 Å². The normalized spacial score (nSPS) is 14.2. The molecule has 0 fully saturated rings. The number of carbonyl (C=O) groups is 1. The topological polar surface area (TPSA) is 58.6 Å². The van der Waals surface area contributed by atoms with Crippen molar-refractivity contribution in [1.82, 2.24) is 5.32 Å². The summed E-state index contributed by atoms with van der Waals surface area (Å²) in [6.45, 7) is 1.84. The summed E-state index contributed by atoms with van der Waals surface area (Å²) >= 11 is 0. The van der Waals surface area contributed by atoms with Crippen LogP contribution in [0.5, 0.6) is 0 Å². The van der Waals surface area contributed by atoms with E-state index >= 15 is 0 Å². The van der Waals surface area contributed by atoms with Crippen LogP contribution in [0.4, 0.5) is 0 Å². The number of aliphatic hydroxyl groups excluding tert-OH is 1. The van der Waals surface area contributed by atoms with E-state index in [1.807, 2.05) is 30.3 Å². The maximum atomic E-state index is 11.7. The van der Waals surface area contributed by atoms with Crippen LogP contribution in [-0.4, -0.2) is 30.8 Å². The average molecular weight is 223 g/mol. The molecule has 1 amide bonds. The standard InChI is InChI=1S/C12H17NO3/c1-9(14)8-13-12(15)11(16-2)10-6-4-3-5-7-10/h3-7,9,11,14H,8H2,1-2H3,(H,13,15)/t9-,11?/m1/s1. The number of carbonyl (C=O) groups excluding carboxylic acids is 1. The molecule has 0 bridgehead atoms. The van der Waals surface area contributed by atoms with Crippen molar-refractivity contribution in [2.75, 3.05) is 13.7 Å². The molecule has 4 nitrogen and oxygen atoms in total. The van der Waals surface area contributed by atoms with Gasteiger partial charge in [0.05, 0.1) is 6.10 Å². The SMILES string of the molecule is COC(C(=O)NC[C@@H](C)O)c1ccccc1. The van der Waals surface area contributed by atoms with Crippen LogP contribution >= 0.6 is 0 Å². The predicted molar refractivity (Wildman–Crippen MR) is 60.9 cm³/mol. The van der Waals surface area contributed by atoms with E-state index in [4.69, 9.17) is 9.84 Å². The molecule has 4 heteroatoms. The largest absolute Gasteiger partial charge is 0.392 e. The van der Waals surface area contributed by atoms with E-state index in [1.54, 1.807) is 6.92 Å².